The van der Waals surface area contributed by atoms with Gasteiger partial charge >= 0.3 is 0 Å². The summed E-state index contributed by atoms with van der Waals surface area (Å²) >= 11 is 0. The average molecular weight is 478 g/mol. The monoisotopic (exact) mass is 478 g/mol. The van der Waals surface area contributed by atoms with E-state index < -0.39 is 0 Å². The van der Waals surface area contributed by atoms with Crippen molar-refractivity contribution in [3.05, 3.63) is 0 Å². The lowest BCUT2D eigenvalue weighted by molar-refractivity contribution is -0.126. The maximum absolute atomic E-state index is 12.3. The van der Waals surface area contributed by atoms with Crippen LogP contribution < -0.4 is 16.0 Å². The highest BCUT2D eigenvalue weighted by Gasteiger charge is 2.32. The van der Waals surface area contributed by atoms with E-state index in [-0.39, 0.29) is 41.8 Å². The molecular formula is C20H39IN4O. The van der Waals surface area contributed by atoms with Crippen molar-refractivity contribution in [2.75, 3.05) is 13.6 Å². The zero-order chi connectivity index (χ0) is 18.3. The summed E-state index contributed by atoms with van der Waals surface area (Å²) in [5.74, 6) is 1.23. The quantitative estimate of drug-likeness (QED) is 0.309. The van der Waals surface area contributed by atoms with Gasteiger partial charge in [0.05, 0.1) is 0 Å². The Kier molecular flexibility index (Phi) is 10.3. The molecule has 0 radical (unpaired) electrons. The number of guanidine groups is 1. The first kappa shape index (κ1) is 23.5. The molecule has 2 unspecified atom stereocenters. The molecule has 2 fully saturated rings. The third-order valence-corrected chi connectivity index (χ3v) is 6.09. The number of aliphatic imine (C=N–C) groups is 1. The van der Waals surface area contributed by atoms with Gasteiger partial charge in [-0.25, -0.2) is 0 Å². The number of carbonyl (C=O) groups excluding carboxylic acids is 1. The summed E-state index contributed by atoms with van der Waals surface area (Å²) < 4.78 is 0. The molecule has 26 heavy (non-hydrogen) atoms. The van der Waals surface area contributed by atoms with Crippen LogP contribution in [0.5, 0.6) is 0 Å². The first-order chi connectivity index (χ1) is 12.0. The number of nitrogens with zero attached hydrogens (tertiary/aromatic N) is 1. The fourth-order valence-corrected chi connectivity index (χ4v) is 4.40. The second-order valence-electron chi connectivity index (χ2n) is 8.35. The maximum Gasteiger partial charge on any atom is 0.223 e. The van der Waals surface area contributed by atoms with Crippen LogP contribution >= 0.6 is 24.0 Å². The third kappa shape index (κ3) is 6.89. The van der Waals surface area contributed by atoms with Crippen molar-refractivity contribution in [1.29, 1.82) is 0 Å². The molecule has 0 aromatic heterocycles. The van der Waals surface area contributed by atoms with E-state index in [1.165, 1.54) is 32.1 Å². The van der Waals surface area contributed by atoms with Gasteiger partial charge in [0.1, 0.15) is 0 Å². The Morgan fingerprint density at radius 2 is 1.88 bits per heavy atom. The van der Waals surface area contributed by atoms with Gasteiger partial charge in [-0.05, 0) is 57.8 Å². The maximum atomic E-state index is 12.3. The molecule has 2 atom stereocenters. The summed E-state index contributed by atoms with van der Waals surface area (Å²) in [6, 6.07) is 0.552. The van der Waals surface area contributed by atoms with Crippen LogP contribution in [-0.4, -0.2) is 37.5 Å². The molecule has 5 nitrogen and oxygen atoms in total. The second kappa shape index (κ2) is 11.3. The Morgan fingerprint density at radius 1 is 1.19 bits per heavy atom. The van der Waals surface area contributed by atoms with Gasteiger partial charge in [0, 0.05) is 31.6 Å². The molecule has 2 aliphatic rings. The Balaban J connectivity index is 0.00000338. The van der Waals surface area contributed by atoms with Crippen LogP contribution in [0.25, 0.3) is 0 Å². The van der Waals surface area contributed by atoms with E-state index in [4.69, 9.17) is 0 Å². The predicted molar refractivity (Wildman–Crippen MR) is 120 cm³/mol. The molecule has 2 saturated carbocycles. The SMILES string of the molecule is CCC1(CNC(=NC)NC2CCCC(C(=O)NC(C)C)C2)CCCC1.I. The molecule has 0 aromatic carbocycles. The van der Waals surface area contributed by atoms with Crippen LogP contribution in [0.4, 0.5) is 0 Å². The molecular weight excluding hydrogens is 439 g/mol. The number of carbonyl (C=O) groups is 1. The van der Waals surface area contributed by atoms with E-state index in [0.717, 1.165) is 38.2 Å². The van der Waals surface area contributed by atoms with Gasteiger partial charge in [-0.15, -0.1) is 24.0 Å². The Bertz CT molecular complexity index is 461. The van der Waals surface area contributed by atoms with E-state index in [1.54, 1.807) is 0 Å². The molecule has 0 aromatic rings. The third-order valence-electron chi connectivity index (χ3n) is 6.09. The summed E-state index contributed by atoms with van der Waals surface area (Å²) in [5, 5.41) is 10.2. The number of halogens is 1. The fraction of sp³-hybridized carbons (Fsp3) is 0.900. The molecule has 0 bridgehead atoms. The molecule has 152 valence electrons. The normalized spacial score (nSPS) is 25.5. The van der Waals surface area contributed by atoms with Crippen LogP contribution in [0.15, 0.2) is 4.99 Å². The summed E-state index contributed by atoms with van der Waals surface area (Å²) in [7, 11) is 1.84. The second-order valence-corrected chi connectivity index (χ2v) is 8.35. The largest absolute Gasteiger partial charge is 0.356 e. The van der Waals surface area contributed by atoms with E-state index in [1.807, 2.05) is 20.9 Å². The van der Waals surface area contributed by atoms with Gasteiger partial charge in [-0.2, -0.15) is 0 Å². The fourth-order valence-electron chi connectivity index (χ4n) is 4.40. The minimum Gasteiger partial charge on any atom is -0.356 e. The molecule has 0 saturated heterocycles. The van der Waals surface area contributed by atoms with Gasteiger partial charge in [-0.3, -0.25) is 9.79 Å². The highest BCUT2D eigenvalue weighted by Crippen LogP contribution is 2.40. The minimum absolute atomic E-state index is 0. The van der Waals surface area contributed by atoms with Crippen LogP contribution in [0, 0.1) is 11.3 Å². The topological polar surface area (TPSA) is 65.5 Å². The Labute approximate surface area is 177 Å². The molecule has 1 amide bonds. The molecule has 2 aliphatic carbocycles. The highest BCUT2D eigenvalue weighted by molar-refractivity contribution is 14.0. The lowest BCUT2D eigenvalue weighted by atomic mass is 9.83. The molecule has 2 rings (SSSR count). The van der Waals surface area contributed by atoms with Crippen molar-refractivity contribution < 1.29 is 4.79 Å². The molecule has 0 heterocycles. The van der Waals surface area contributed by atoms with Gasteiger partial charge in [0.2, 0.25) is 5.91 Å². The van der Waals surface area contributed by atoms with Crippen molar-refractivity contribution in [1.82, 2.24) is 16.0 Å². The van der Waals surface area contributed by atoms with Crippen molar-refractivity contribution in [2.24, 2.45) is 16.3 Å². The van der Waals surface area contributed by atoms with Gasteiger partial charge < -0.3 is 16.0 Å². The lowest BCUT2D eigenvalue weighted by Gasteiger charge is -2.32. The zero-order valence-electron chi connectivity index (χ0n) is 17.1. The number of nitrogens with one attached hydrogen (secondary N) is 3. The van der Waals surface area contributed by atoms with Crippen LogP contribution in [0.1, 0.15) is 78.6 Å². The number of rotatable bonds is 6. The van der Waals surface area contributed by atoms with Crippen LogP contribution in [-0.2, 0) is 4.79 Å². The average Bonchev–Trinajstić information content (AvgIpc) is 3.07. The van der Waals surface area contributed by atoms with Gasteiger partial charge in [-0.1, -0.05) is 26.2 Å². The number of hydrogen-bond acceptors (Lipinski definition) is 2. The highest BCUT2D eigenvalue weighted by atomic mass is 127. The molecule has 0 spiro atoms. The first-order valence-corrected chi connectivity index (χ1v) is 10.3. The molecule has 3 N–H and O–H groups in total. The van der Waals surface area contributed by atoms with Crippen molar-refractivity contribution in [3.63, 3.8) is 0 Å². The molecule has 0 aliphatic heterocycles. The van der Waals surface area contributed by atoms with Crippen molar-refractivity contribution in [3.8, 4) is 0 Å². The smallest absolute Gasteiger partial charge is 0.223 e. The van der Waals surface area contributed by atoms with E-state index in [9.17, 15) is 4.79 Å². The predicted octanol–water partition coefficient (Wildman–Crippen LogP) is 3.82. The number of hydrogen-bond donors (Lipinski definition) is 3. The van der Waals surface area contributed by atoms with Gasteiger partial charge in [0.25, 0.3) is 0 Å². The summed E-state index contributed by atoms with van der Waals surface area (Å²) in [6.07, 6.45) is 10.7. The van der Waals surface area contributed by atoms with Crippen molar-refractivity contribution >= 4 is 35.8 Å². The summed E-state index contributed by atoms with van der Waals surface area (Å²) in [4.78, 5) is 16.7. The zero-order valence-corrected chi connectivity index (χ0v) is 19.4. The van der Waals surface area contributed by atoms with E-state index in [2.05, 4.69) is 27.9 Å². The van der Waals surface area contributed by atoms with E-state index >= 15 is 0 Å². The molecule has 6 heteroatoms. The Hall–Kier alpha value is -0.530. The lowest BCUT2D eigenvalue weighted by Crippen LogP contribution is -2.49. The van der Waals surface area contributed by atoms with Gasteiger partial charge in [0.15, 0.2) is 5.96 Å². The van der Waals surface area contributed by atoms with Crippen LogP contribution in [0.3, 0.4) is 0 Å². The summed E-state index contributed by atoms with van der Waals surface area (Å²) in [6.45, 7) is 7.36. The summed E-state index contributed by atoms with van der Waals surface area (Å²) in [5.41, 5.74) is 0.448. The van der Waals surface area contributed by atoms with Crippen molar-refractivity contribution in [2.45, 2.75) is 90.6 Å². The Morgan fingerprint density at radius 3 is 2.46 bits per heavy atom. The number of amides is 1. The minimum atomic E-state index is 0. The standard InChI is InChI=1S/C20H38N4O.HI/c1-5-20(11-6-7-12-20)14-22-19(21-4)24-17-10-8-9-16(13-17)18(25)23-15(2)3;/h15-17H,5-14H2,1-4H3,(H,23,25)(H2,21,22,24);1H. The first-order valence-electron chi connectivity index (χ1n) is 10.3. The van der Waals surface area contributed by atoms with E-state index in [0.29, 0.717) is 11.5 Å². The van der Waals surface area contributed by atoms with Crippen LogP contribution in [0.2, 0.25) is 0 Å².